The molecule has 0 saturated heterocycles. The second-order valence-corrected chi connectivity index (χ2v) is 7.04. The number of carbonyl (C=O) groups excluding carboxylic acids is 1. The molecule has 29 heavy (non-hydrogen) atoms. The summed E-state index contributed by atoms with van der Waals surface area (Å²) in [5.74, 6) is -0.644. The average Bonchev–Trinajstić information content (AvgIpc) is 2.82. The van der Waals surface area contributed by atoms with E-state index < -0.39 is 24.3 Å². The highest BCUT2D eigenvalue weighted by atomic mass is 16.7. The fourth-order valence-electron chi connectivity index (χ4n) is 3.43. The molecule has 0 saturated carbocycles. The van der Waals surface area contributed by atoms with Crippen LogP contribution in [0.1, 0.15) is 51.5 Å². The van der Waals surface area contributed by atoms with Crippen molar-refractivity contribution in [1.82, 2.24) is 0 Å². The van der Waals surface area contributed by atoms with Crippen LogP contribution in [-0.2, 0) is 9.53 Å². The lowest BCUT2D eigenvalue weighted by atomic mass is 9.84. The summed E-state index contributed by atoms with van der Waals surface area (Å²) in [6.07, 6.45) is 3.55. The third kappa shape index (κ3) is 5.47. The summed E-state index contributed by atoms with van der Waals surface area (Å²) >= 11 is 0. The molecule has 0 amide bonds. The molecule has 2 rings (SSSR count). The molecular weight excluding hydrogens is 370 g/mol. The number of nitriles is 1. The molecule has 2 unspecified atom stereocenters. The Bertz CT molecular complexity index is 836. The van der Waals surface area contributed by atoms with Gasteiger partial charge in [0.2, 0.25) is 6.10 Å². The number of nitrogens with zero attached hydrogens (tertiary/aromatic N) is 1. The molecule has 1 aromatic carbocycles. The number of benzene rings is 1. The van der Waals surface area contributed by atoms with E-state index in [0.29, 0.717) is 29.7 Å². The van der Waals surface area contributed by atoms with Crippen molar-refractivity contribution in [3.05, 3.63) is 53.6 Å². The Morgan fingerprint density at radius 2 is 2.14 bits per heavy atom. The number of hydrogen-bond acceptors (Lipinski definition) is 5. The summed E-state index contributed by atoms with van der Waals surface area (Å²) in [6.45, 7) is 5.59. The van der Waals surface area contributed by atoms with Gasteiger partial charge in [0, 0.05) is 11.5 Å². The van der Waals surface area contributed by atoms with E-state index in [1.165, 1.54) is 0 Å². The average molecular weight is 397 g/mol. The lowest BCUT2D eigenvalue weighted by Gasteiger charge is -2.25. The van der Waals surface area contributed by atoms with E-state index in [2.05, 4.69) is 6.07 Å². The summed E-state index contributed by atoms with van der Waals surface area (Å²) in [5, 5.41) is 18.4. The number of rotatable bonds is 7. The summed E-state index contributed by atoms with van der Waals surface area (Å²) in [6, 6.07) is 9.39. The van der Waals surface area contributed by atoms with Gasteiger partial charge in [0.25, 0.3) is 0 Å². The van der Waals surface area contributed by atoms with Gasteiger partial charge in [-0.3, -0.25) is 4.79 Å². The number of ether oxygens (including phenoxy) is 2. The molecule has 0 spiro atoms. The maximum atomic E-state index is 13.4. The van der Waals surface area contributed by atoms with E-state index in [-0.39, 0.29) is 11.7 Å². The molecule has 0 radical (unpaired) electrons. The van der Waals surface area contributed by atoms with Gasteiger partial charge in [0.15, 0.2) is 11.9 Å². The van der Waals surface area contributed by atoms with Crippen LogP contribution in [0, 0.1) is 17.2 Å². The van der Waals surface area contributed by atoms with E-state index in [1.807, 2.05) is 44.2 Å². The molecule has 1 heterocycles. The van der Waals surface area contributed by atoms with Gasteiger partial charge in [-0.15, -0.1) is 0 Å². The van der Waals surface area contributed by atoms with Gasteiger partial charge in [-0.05, 0) is 44.7 Å². The van der Waals surface area contributed by atoms with Crippen LogP contribution in [0.15, 0.2) is 48.1 Å². The molecule has 154 valence electrons. The van der Waals surface area contributed by atoms with Crippen molar-refractivity contribution in [2.75, 3.05) is 0 Å². The highest BCUT2D eigenvalue weighted by Gasteiger charge is 2.43. The third-order valence-electron chi connectivity index (χ3n) is 4.99. The van der Waals surface area contributed by atoms with Crippen LogP contribution in [0.4, 0.5) is 4.79 Å². The Labute approximate surface area is 171 Å². The van der Waals surface area contributed by atoms with Crippen molar-refractivity contribution in [1.29, 1.82) is 5.26 Å². The molecule has 0 aliphatic carbocycles. The zero-order valence-corrected chi connectivity index (χ0v) is 17.0. The second-order valence-electron chi connectivity index (χ2n) is 7.04. The number of para-hydroxylation sites is 1. The molecular formula is C23H27NO5. The predicted octanol–water partition coefficient (Wildman–Crippen LogP) is 5.02. The highest BCUT2D eigenvalue weighted by molar-refractivity contribution is 5.93. The molecule has 0 bridgehead atoms. The van der Waals surface area contributed by atoms with Gasteiger partial charge >= 0.3 is 6.16 Å². The molecule has 4 atom stereocenters. The van der Waals surface area contributed by atoms with E-state index in [1.54, 1.807) is 19.1 Å². The van der Waals surface area contributed by atoms with Gasteiger partial charge in [-0.2, -0.15) is 5.26 Å². The maximum absolute atomic E-state index is 13.4. The number of fused-ring (bicyclic) bond motifs is 1. The molecule has 1 aliphatic heterocycles. The monoisotopic (exact) mass is 397 g/mol. The number of ketones is 1. The number of carboxylic acid groups (broad SMARTS) is 1. The van der Waals surface area contributed by atoms with Crippen LogP contribution in [0.3, 0.4) is 0 Å². The zero-order chi connectivity index (χ0) is 21.4. The minimum atomic E-state index is -1.53. The quantitative estimate of drug-likeness (QED) is 0.513. The molecule has 1 aromatic rings. The summed E-state index contributed by atoms with van der Waals surface area (Å²) < 4.78 is 11.2. The first-order valence-corrected chi connectivity index (χ1v) is 9.84. The molecule has 6 nitrogen and oxygen atoms in total. The summed E-state index contributed by atoms with van der Waals surface area (Å²) in [7, 11) is 0. The molecule has 0 fully saturated rings. The number of carbonyl (C=O) groups is 2. The van der Waals surface area contributed by atoms with Crippen molar-refractivity contribution in [3.8, 4) is 11.8 Å². The van der Waals surface area contributed by atoms with Crippen LogP contribution in [-0.4, -0.2) is 29.3 Å². The summed E-state index contributed by atoms with van der Waals surface area (Å²) in [4.78, 5) is 24.8. The highest BCUT2D eigenvalue weighted by Crippen LogP contribution is 2.38. The number of hydrogen-bond donors (Lipinski definition) is 1. The van der Waals surface area contributed by atoms with Crippen molar-refractivity contribution >= 4 is 11.9 Å². The standard InChI is InChI=1S/C23H27NO5/c1-4-6-9-16(5-2)21-22(29-23(26)27)20(25)18(13-12-15(3)14-24)17-10-7-8-11-19(17)28-21/h5-11,15,18,21-22H,4,12-13H2,1-3H3,(H,26,27)/b9-6-,16-5+/t15?,18?,21-,22-/m0/s1. The van der Waals surface area contributed by atoms with Crippen molar-refractivity contribution in [2.45, 2.75) is 58.2 Å². The van der Waals surface area contributed by atoms with Crippen LogP contribution in [0.25, 0.3) is 0 Å². The SMILES string of the molecule is C/C=C(\C=C/CC)[C@@H]1Oc2ccccc2C(CCC(C)C#N)C(=O)[C@@H]1OC(=O)O. The van der Waals surface area contributed by atoms with E-state index in [4.69, 9.17) is 14.7 Å². The largest absolute Gasteiger partial charge is 0.506 e. The van der Waals surface area contributed by atoms with Crippen molar-refractivity contribution in [3.63, 3.8) is 0 Å². The Morgan fingerprint density at radius 1 is 1.41 bits per heavy atom. The Morgan fingerprint density at radius 3 is 2.76 bits per heavy atom. The van der Waals surface area contributed by atoms with Gasteiger partial charge in [0.05, 0.1) is 12.0 Å². The predicted molar refractivity (Wildman–Crippen MR) is 109 cm³/mol. The van der Waals surface area contributed by atoms with Gasteiger partial charge in [0.1, 0.15) is 5.75 Å². The normalized spacial score (nSPS) is 22.9. The molecule has 1 aliphatic rings. The smallest absolute Gasteiger partial charge is 0.481 e. The van der Waals surface area contributed by atoms with Gasteiger partial charge in [-0.25, -0.2) is 4.79 Å². The first-order chi connectivity index (χ1) is 13.9. The zero-order valence-electron chi connectivity index (χ0n) is 17.0. The van der Waals surface area contributed by atoms with Gasteiger partial charge in [-0.1, -0.05) is 43.4 Å². The number of Topliss-reactive ketones (excluding diaryl/α,β-unsaturated/α-hetero) is 1. The minimum absolute atomic E-state index is 0.215. The van der Waals surface area contributed by atoms with E-state index >= 15 is 0 Å². The Kier molecular flexibility index (Phi) is 8.02. The summed E-state index contributed by atoms with van der Waals surface area (Å²) in [5.41, 5.74) is 1.37. The third-order valence-corrected chi connectivity index (χ3v) is 4.99. The molecule has 0 aromatic heterocycles. The minimum Gasteiger partial charge on any atom is -0.481 e. The van der Waals surface area contributed by atoms with Crippen LogP contribution < -0.4 is 4.74 Å². The number of allylic oxidation sites excluding steroid dienone is 2. The molecule has 1 N–H and O–H groups in total. The van der Waals surface area contributed by atoms with Gasteiger partial charge < -0.3 is 14.6 Å². The van der Waals surface area contributed by atoms with E-state index in [9.17, 15) is 14.7 Å². The first-order valence-electron chi connectivity index (χ1n) is 9.84. The van der Waals surface area contributed by atoms with Crippen molar-refractivity contribution in [2.24, 2.45) is 5.92 Å². The fourth-order valence-corrected chi connectivity index (χ4v) is 3.43. The topological polar surface area (TPSA) is 96.6 Å². The fraction of sp³-hybridized carbons (Fsp3) is 0.435. The Hall–Kier alpha value is -3.07. The van der Waals surface area contributed by atoms with Crippen LogP contribution >= 0.6 is 0 Å². The van der Waals surface area contributed by atoms with Crippen molar-refractivity contribution < 1.29 is 24.2 Å². The second kappa shape index (κ2) is 10.5. The maximum Gasteiger partial charge on any atom is 0.506 e. The van der Waals surface area contributed by atoms with Crippen LogP contribution in [0.2, 0.25) is 0 Å². The lowest BCUT2D eigenvalue weighted by Crippen LogP contribution is -2.43. The van der Waals surface area contributed by atoms with Crippen LogP contribution in [0.5, 0.6) is 5.75 Å². The molecule has 6 heteroatoms. The van der Waals surface area contributed by atoms with E-state index in [0.717, 1.165) is 6.42 Å². The Balaban J connectivity index is 2.53. The lowest BCUT2D eigenvalue weighted by molar-refractivity contribution is -0.133. The first kappa shape index (κ1) is 22.2.